The molecule has 0 heterocycles. The van der Waals surface area contributed by atoms with Crippen LogP contribution in [0.4, 0.5) is 0 Å². The molecule has 21 heavy (non-hydrogen) atoms. The van der Waals surface area contributed by atoms with Crippen LogP contribution in [-0.2, 0) is 11.9 Å². The van der Waals surface area contributed by atoms with Gasteiger partial charge in [-0.2, -0.15) is 0 Å². The molecule has 0 spiro atoms. The van der Waals surface area contributed by atoms with Gasteiger partial charge in [0.1, 0.15) is 11.5 Å². The van der Waals surface area contributed by atoms with Gasteiger partial charge in [0.05, 0.1) is 12.7 Å². The first-order chi connectivity index (χ1) is 10.1. The van der Waals surface area contributed by atoms with Crippen LogP contribution in [0.1, 0.15) is 21.5 Å². The Labute approximate surface area is 131 Å². The number of methoxy groups -OCH3 is 1. The first-order valence-corrected chi connectivity index (χ1v) is 7.55. The molecule has 1 amide bonds. The van der Waals surface area contributed by atoms with E-state index in [2.05, 4.69) is 21.2 Å². The molecule has 0 aromatic heterocycles. The molecule has 5 heteroatoms. The quantitative estimate of drug-likeness (QED) is 0.814. The summed E-state index contributed by atoms with van der Waals surface area (Å²) in [7, 11) is 1.51. The Morgan fingerprint density at radius 3 is 2.43 bits per heavy atom. The molecule has 0 bridgehead atoms. The smallest absolute Gasteiger partial charge is 0.255 e. The Hall–Kier alpha value is -2.01. The van der Waals surface area contributed by atoms with Crippen LogP contribution in [0.25, 0.3) is 0 Å². The summed E-state index contributed by atoms with van der Waals surface area (Å²) in [6, 6.07) is 12.5. The number of alkyl halides is 1. The minimum absolute atomic E-state index is 0.0958. The molecule has 110 valence electrons. The van der Waals surface area contributed by atoms with Crippen molar-refractivity contribution in [1.29, 1.82) is 0 Å². The molecular formula is C16H16BrNO3. The number of nitrogens with one attached hydrogen (secondary N) is 1. The number of hydrogen-bond donors (Lipinski definition) is 2. The molecule has 0 saturated heterocycles. The first-order valence-electron chi connectivity index (χ1n) is 6.43. The van der Waals surface area contributed by atoms with Gasteiger partial charge >= 0.3 is 0 Å². The number of carbonyl (C=O) groups is 1. The van der Waals surface area contributed by atoms with Crippen molar-refractivity contribution in [2.24, 2.45) is 0 Å². The average molecular weight is 350 g/mol. The van der Waals surface area contributed by atoms with Crippen LogP contribution in [0, 0.1) is 0 Å². The third kappa shape index (κ3) is 3.98. The summed E-state index contributed by atoms with van der Waals surface area (Å²) in [5.74, 6) is 0.0932. The number of phenolic OH excluding ortho intramolecular Hbond substituents is 1. The number of phenols is 1. The highest BCUT2D eigenvalue weighted by molar-refractivity contribution is 9.08. The van der Waals surface area contributed by atoms with Crippen LogP contribution >= 0.6 is 15.9 Å². The van der Waals surface area contributed by atoms with Crippen LogP contribution < -0.4 is 10.1 Å². The maximum Gasteiger partial charge on any atom is 0.255 e. The summed E-state index contributed by atoms with van der Waals surface area (Å²) in [5.41, 5.74) is 2.41. The molecule has 0 atom stereocenters. The molecule has 2 N–H and O–H groups in total. The summed E-state index contributed by atoms with van der Waals surface area (Å²) < 4.78 is 4.99. The number of carbonyl (C=O) groups excluding carboxylic acids is 1. The van der Waals surface area contributed by atoms with Crippen LogP contribution in [0.15, 0.2) is 42.5 Å². The fourth-order valence-electron chi connectivity index (χ4n) is 1.85. The number of hydrogen-bond acceptors (Lipinski definition) is 3. The second kappa shape index (κ2) is 7.13. The molecule has 0 fully saturated rings. The summed E-state index contributed by atoms with van der Waals surface area (Å²) >= 11 is 3.39. The molecule has 0 aliphatic carbocycles. The molecule has 4 nitrogen and oxygen atoms in total. The van der Waals surface area contributed by atoms with E-state index >= 15 is 0 Å². The molecular weight excluding hydrogens is 334 g/mol. The van der Waals surface area contributed by atoms with Gasteiger partial charge < -0.3 is 15.2 Å². The predicted molar refractivity (Wildman–Crippen MR) is 84.9 cm³/mol. The fraction of sp³-hybridized carbons (Fsp3) is 0.188. The summed E-state index contributed by atoms with van der Waals surface area (Å²) in [6.45, 7) is 0.410. The molecule has 2 aromatic rings. The minimum Gasteiger partial charge on any atom is -0.507 e. The van der Waals surface area contributed by atoms with Crippen molar-refractivity contribution in [3.63, 3.8) is 0 Å². The highest BCUT2D eigenvalue weighted by Crippen LogP contribution is 2.23. The number of halogens is 1. The number of amides is 1. The highest BCUT2D eigenvalue weighted by atomic mass is 79.9. The van der Waals surface area contributed by atoms with E-state index < -0.39 is 0 Å². The maximum atomic E-state index is 12.0. The highest BCUT2D eigenvalue weighted by Gasteiger charge is 2.11. The van der Waals surface area contributed by atoms with E-state index in [0.717, 1.165) is 10.9 Å². The first kappa shape index (κ1) is 15.4. The van der Waals surface area contributed by atoms with E-state index in [4.69, 9.17) is 4.74 Å². The Morgan fingerprint density at radius 1 is 1.19 bits per heavy atom. The van der Waals surface area contributed by atoms with Gasteiger partial charge in [0, 0.05) is 17.9 Å². The Balaban J connectivity index is 2.00. The SMILES string of the molecule is COc1ccc(C(=O)NCc2ccc(CBr)cc2)c(O)c1. The third-order valence-electron chi connectivity index (χ3n) is 3.08. The van der Waals surface area contributed by atoms with E-state index in [-0.39, 0.29) is 17.2 Å². The van der Waals surface area contributed by atoms with Gasteiger partial charge in [-0.15, -0.1) is 0 Å². The lowest BCUT2D eigenvalue weighted by Crippen LogP contribution is -2.22. The summed E-state index contributed by atoms with van der Waals surface area (Å²) in [5, 5.41) is 13.4. The van der Waals surface area contributed by atoms with E-state index in [9.17, 15) is 9.90 Å². The zero-order valence-corrected chi connectivity index (χ0v) is 13.2. The lowest BCUT2D eigenvalue weighted by Gasteiger charge is -2.08. The van der Waals surface area contributed by atoms with Crippen molar-refractivity contribution >= 4 is 21.8 Å². The summed E-state index contributed by atoms with van der Waals surface area (Å²) in [6.07, 6.45) is 0. The maximum absolute atomic E-state index is 12.0. The van der Waals surface area contributed by atoms with Crippen LogP contribution in [0.5, 0.6) is 11.5 Å². The Kier molecular flexibility index (Phi) is 5.22. The molecule has 2 aromatic carbocycles. The molecule has 0 radical (unpaired) electrons. The second-order valence-electron chi connectivity index (χ2n) is 4.52. The lowest BCUT2D eigenvalue weighted by atomic mass is 10.1. The molecule has 0 aliphatic rings. The van der Waals surface area contributed by atoms with Crippen LogP contribution in [0.2, 0.25) is 0 Å². The Bertz CT molecular complexity index is 626. The number of benzene rings is 2. The molecule has 0 aliphatic heterocycles. The Morgan fingerprint density at radius 2 is 1.86 bits per heavy atom. The minimum atomic E-state index is -0.320. The number of ether oxygens (including phenoxy) is 1. The van der Waals surface area contributed by atoms with Crippen LogP contribution in [0.3, 0.4) is 0 Å². The van der Waals surface area contributed by atoms with Crippen LogP contribution in [-0.4, -0.2) is 18.1 Å². The normalized spacial score (nSPS) is 10.2. The van der Waals surface area contributed by atoms with Gasteiger partial charge in [0.2, 0.25) is 0 Å². The van der Waals surface area contributed by atoms with E-state index in [1.54, 1.807) is 6.07 Å². The monoisotopic (exact) mass is 349 g/mol. The zero-order chi connectivity index (χ0) is 15.2. The molecule has 2 rings (SSSR count). The lowest BCUT2D eigenvalue weighted by molar-refractivity contribution is 0.0948. The van der Waals surface area contributed by atoms with Crippen molar-refractivity contribution in [2.45, 2.75) is 11.9 Å². The number of rotatable bonds is 5. The van der Waals surface area contributed by atoms with Gasteiger partial charge in [0.15, 0.2) is 0 Å². The zero-order valence-electron chi connectivity index (χ0n) is 11.6. The fourth-order valence-corrected chi connectivity index (χ4v) is 2.23. The van der Waals surface area contributed by atoms with Crippen molar-refractivity contribution < 1.29 is 14.6 Å². The third-order valence-corrected chi connectivity index (χ3v) is 3.73. The second-order valence-corrected chi connectivity index (χ2v) is 5.08. The van der Waals surface area contributed by atoms with Crippen molar-refractivity contribution in [3.8, 4) is 11.5 Å². The summed E-state index contributed by atoms with van der Waals surface area (Å²) in [4.78, 5) is 12.0. The molecule has 0 unspecified atom stereocenters. The van der Waals surface area contributed by atoms with E-state index in [1.165, 1.54) is 24.8 Å². The van der Waals surface area contributed by atoms with Gasteiger partial charge in [-0.3, -0.25) is 4.79 Å². The van der Waals surface area contributed by atoms with Gasteiger partial charge in [0.25, 0.3) is 5.91 Å². The van der Waals surface area contributed by atoms with Crippen molar-refractivity contribution in [3.05, 3.63) is 59.2 Å². The van der Waals surface area contributed by atoms with Gasteiger partial charge in [-0.05, 0) is 23.3 Å². The largest absolute Gasteiger partial charge is 0.507 e. The van der Waals surface area contributed by atoms with Crippen molar-refractivity contribution in [2.75, 3.05) is 7.11 Å². The topological polar surface area (TPSA) is 58.6 Å². The number of aromatic hydroxyl groups is 1. The standard InChI is InChI=1S/C16H16BrNO3/c1-21-13-6-7-14(15(19)8-13)16(20)18-10-12-4-2-11(9-17)3-5-12/h2-8,19H,9-10H2,1H3,(H,18,20). The average Bonchev–Trinajstić information content (AvgIpc) is 2.52. The van der Waals surface area contributed by atoms with Gasteiger partial charge in [-0.25, -0.2) is 0 Å². The molecule has 0 saturated carbocycles. The van der Waals surface area contributed by atoms with Crippen molar-refractivity contribution in [1.82, 2.24) is 5.32 Å². The van der Waals surface area contributed by atoms with E-state index in [0.29, 0.717) is 12.3 Å². The van der Waals surface area contributed by atoms with Gasteiger partial charge in [-0.1, -0.05) is 40.2 Å². The predicted octanol–water partition coefficient (Wildman–Crippen LogP) is 3.23. The van der Waals surface area contributed by atoms with E-state index in [1.807, 2.05) is 24.3 Å².